The van der Waals surface area contributed by atoms with Gasteiger partial charge in [0.25, 0.3) is 0 Å². The van der Waals surface area contributed by atoms with Gasteiger partial charge in [-0.05, 0) is 54.2 Å². The van der Waals surface area contributed by atoms with Crippen LogP contribution in [0.2, 0.25) is 0 Å². The predicted octanol–water partition coefficient (Wildman–Crippen LogP) is 15.6. The van der Waals surface area contributed by atoms with Crippen LogP contribution in [0.25, 0.3) is 89.0 Å². The number of rotatable bonds is 8. The van der Waals surface area contributed by atoms with Gasteiger partial charge in [0.1, 0.15) is 0 Å². The monoisotopic (exact) mass is 1560 g/mol. The van der Waals surface area contributed by atoms with E-state index in [9.17, 15) is 0 Å². The van der Waals surface area contributed by atoms with Gasteiger partial charge in [-0.2, -0.15) is 0 Å². The Morgan fingerprint density at radius 3 is 1.40 bits per heavy atom. The molecule has 6 atom stereocenters. The van der Waals surface area contributed by atoms with Gasteiger partial charge in [0.05, 0.1) is 33.5 Å². The first-order chi connectivity index (χ1) is 30.7. The molecule has 6 unspecified atom stereocenters. The molecule has 0 saturated heterocycles. The summed E-state index contributed by atoms with van der Waals surface area (Å²) in [6.07, 6.45) is 1.79. The zero-order valence-corrected chi connectivity index (χ0v) is 55.5. The van der Waals surface area contributed by atoms with Crippen LogP contribution in [0.15, 0.2) is 206 Å². The molecular formula is C51H42Ir2N5P6Y3-. The number of pyridine rings is 1. The first-order valence-corrected chi connectivity index (χ1v) is 30.6. The SMILES string of the molecule is PPPPPP.[Ir].[Ir].[Y].[Y].[Y].[c-]1ccccc1-c1ccccn1.c1ccc(-c2cc(-c3ccccc3)nc(-n3c4ccccc4c4cc5c6ccccc6n(-c6ccccc6)c5cc43)n2)cc1. The number of nitrogens with zero attached hydrogens (tertiary/aromatic N) is 5. The summed E-state index contributed by atoms with van der Waals surface area (Å²) in [5, 5.41) is 4.82. The van der Waals surface area contributed by atoms with Crippen LogP contribution in [0.1, 0.15) is 0 Å². The molecule has 0 aliphatic carbocycles. The van der Waals surface area contributed by atoms with Crippen molar-refractivity contribution in [3.05, 3.63) is 212 Å². The van der Waals surface area contributed by atoms with Gasteiger partial charge >= 0.3 is 0 Å². The van der Waals surface area contributed by atoms with Crippen LogP contribution in [0.5, 0.6) is 0 Å². The average Bonchev–Trinajstić information content (AvgIpc) is 3.86. The molecule has 4 heterocycles. The molecule has 329 valence electrons. The molecule has 0 aliphatic heterocycles. The smallest absolute Gasteiger partial charge is 0.235 e. The van der Waals surface area contributed by atoms with Crippen LogP contribution in [-0.2, 0) is 138 Å². The molecule has 5 nitrogen and oxygen atoms in total. The van der Waals surface area contributed by atoms with Gasteiger partial charge in [0.15, 0.2) is 0 Å². The summed E-state index contributed by atoms with van der Waals surface area (Å²) in [6.45, 7) is 0. The number of aromatic nitrogens is 5. The standard InChI is InChI=1S/C40H26N4.C11H8N.2Ir.H8P6.3Y/c1-4-14-27(15-5-1)34-25-35(28-16-6-2-7-17-28)42-40(41-34)44-37-23-13-11-21-31(37)33-24-32-30-20-10-12-22-36(30)43(38(32)26-39(33)44)29-18-8-3-9-19-29;1-2-6-10(7-3-1)11-8-4-5-9-12-11;;;1-3-5-6-4-2;;;/h1-26H;1-6,8-9H;;;3-6H,1-2H2;;;/q;-1;;;;;;. The van der Waals surface area contributed by atoms with Crippen molar-refractivity contribution in [1.82, 2.24) is 24.1 Å². The maximum atomic E-state index is 5.22. The van der Waals surface area contributed by atoms with E-state index in [1.54, 1.807) is 6.20 Å². The fraction of sp³-hybridized carbons (Fsp3) is 0. The molecule has 0 amide bonds. The van der Waals surface area contributed by atoms with E-state index in [0.29, 0.717) is 5.95 Å². The third kappa shape index (κ3) is 14.2. The molecule has 0 bridgehead atoms. The molecule has 7 aromatic carbocycles. The molecule has 0 fully saturated rings. The van der Waals surface area contributed by atoms with Crippen LogP contribution in [-0.4, -0.2) is 24.1 Å². The zero-order chi connectivity index (χ0) is 42.1. The second-order valence-electron chi connectivity index (χ2n) is 14.1. The van der Waals surface area contributed by atoms with E-state index in [1.807, 2.05) is 54.6 Å². The van der Waals surface area contributed by atoms with Gasteiger partial charge in [-0.3, -0.25) is 4.57 Å². The molecule has 0 N–H and O–H groups in total. The van der Waals surface area contributed by atoms with Crippen molar-refractivity contribution in [3.8, 4) is 45.4 Å². The molecule has 16 heteroatoms. The summed E-state index contributed by atoms with van der Waals surface area (Å²) in [5.41, 5.74) is 11.5. The fourth-order valence-electron chi connectivity index (χ4n) is 7.70. The molecule has 0 aliphatic rings. The number of benzene rings is 7. The van der Waals surface area contributed by atoms with Gasteiger partial charge in [-0.15, -0.1) is 53.8 Å². The van der Waals surface area contributed by atoms with Crippen LogP contribution in [0, 0.1) is 6.07 Å². The minimum absolute atomic E-state index is 0. The first-order valence-electron chi connectivity index (χ1n) is 20.0. The Kier molecular flexibility index (Phi) is 26.4. The summed E-state index contributed by atoms with van der Waals surface area (Å²) in [4.78, 5) is 14.7. The summed E-state index contributed by atoms with van der Waals surface area (Å²) in [6, 6.07) is 72.1. The Morgan fingerprint density at radius 2 is 0.896 bits per heavy atom. The van der Waals surface area contributed by atoms with Crippen molar-refractivity contribution in [2.45, 2.75) is 0 Å². The molecule has 11 aromatic rings. The van der Waals surface area contributed by atoms with Crippen molar-refractivity contribution in [3.63, 3.8) is 0 Å². The third-order valence-electron chi connectivity index (χ3n) is 10.4. The molecule has 0 spiro atoms. The molecule has 0 saturated carbocycles. The maximum Gasteiger partial charge on any atom is 0.235 e. The predicted molar refractivity (Wildman–Crippen MR) is 283 cm³/mol. The van der Waals surface area contributed by atoms with E-state index in [4.69, 9.17) is 9.97 Å². The van der Waals surface area contributed by atoms with E-state index in [2.05, 4.69) is 184 Å². The van der Waals surface area contributed by atoms with Crippen molar-refractivity contribution >= 4 is 93.3 Å². The first kappa shape index (κ1) is 59.1. The van der Waals surface area contributed by atoms with E-state index >= 15 is 0 Å². The molecule has 11 rings (SSSR count). The van der Waals surface area contributed by atoms with Crippen molar-refractivity contribution in [2.24, 2.45) is 0 Å². The Morgan fingerprint density at radius 1 is 0.418 bits per heavy atom. The maximum absolute atomic E-state index is 5.22. The van der Waals surface area contributed by atoms with Crippen LogP contribution >= 0.6 is 49.7 Å². The summed E-state index contributed by atoms with van der Waals surface area (Å²) in [7, 11) is 10.2. The Hall–Kier alpha value is -0.440. The summed E-state index contributed by atoms with van der Waals surface area (Å²) < 4.78 is 4.60. The van der Waals surface area contributed by atoms with Gasteiger partial charge in [0.2, 0.25) is 5.95 Å². The van der Waals surface area contributed by atoms with Crippen LogP contribution in [0.3, 0.4) is 0 Å². The normalized spacial score (nSPS) is 10.9. The van der Waals surface area contributed by atoms with Gasteiger partial charge < -0.3 is 9.55 Å². The minimum atomic E-state index is 0. The summed E-state index contributed by atoms with van der Waals surface area (Å²) in [5.74, 6) is 0.651. The zero-order valence-electron chi connectivity index (χ0n) is 35.9. The van der Waals surface area contributed by atoms with Gasteiger partial charge in [-0.1, -0.05) is 159 Å². The Labute approximate surface area is 506 Å². The number of fused-ring (bicyclic) bond motifs is 6. The molecule has 5 radical (unpaired) electrons. The van der Waals surface area contributed by atoms with E-state index in [0.717, 1.165) is 71.9 Å². The van der Waals surface area contributed by atoms with Crippen molar-refractivity contribution in [1.29, 1.82) is 0 Å². The average molecular weight is 1560 g/mol. The number of hydrogen-bond acceptors (Lipinski definition) is 3. The largest absolute Gasteiger partial charge is 0.309 e. The molecule has 4 aromatic heterocycles. The Bertz CT molecular complexity index is 3130. The second-order valence-corrected chi connectivity index (χ2v) is 28.1. The topological polar surface area (TPSA) is 48.5 Å². The van der Waals surface area contributed by atoms with E-state index in [1.165, 1.54) is 43.0 Å². The molecular weight excluding hydrogens is 1520 g/mol. The number of para-hydroxylation sites is 3. The van der Waals surface area contributed by atoms with Gasteiger partial charge in [0, 0.05) is 183 Å². The fourth-order valence-corrected chi connectivity index (χ4v) is 25.2. The quantitative estimate of drug-likeness (QED) is 0.0865. The van der Waals surface area contributed by atoms with Crippen LogP contribution in [0.4, 0.5) is 0 Å². The third-order valence-corrected chi connectivity index (χ3v) is 26.9. The number of hydrogen-bond donors (Lipinski definition) is 0. The summed E-state index contributed by atoms with van der Waals surface area (Å²) >= 11 is 0. The van der Waals surface area contributed by atoms with E-state index < -0.39 is 0 Å². The van der Waals surface area contributed by atoms with Crippen LogP contribution < -0.4 is 0 Å². The van der Waals surface area contributed by atoms with Crippen molar-refractivity contribution < 1.29 is 138 Å². The minimum Gasteiger partial charge on any atom is -0.309 e. The molecule has 67 heavy (non-hydrogen) atoms. The second kappa shape index (κ2) is 29.9. The van der Waals surface area contributed by atoms with E-state index in [-0.39, 0.29) is 138 Å². The van der Waals surface area contributed by atoms with Crippen molar-refractivity contribution in [2.75, 3.05) is 0 Å². The van der Waals surface area contributed by atoms with Gasteiger partial charge in [-0.25, -0.2) is 9.97 Å². The Balaban J connectivity index is 0.000000361.